The minimum atomic E-state index is -0.285. The Morgan fingerprint density at radius 2 is 2.04 bits per heavy atom. The molecule has 0 saturated heterocycles. The van der Waals surface area contributed by atoms with Crippen molar-refractivity contribution in [2.24, 2.45) is 0 Å². The van der Waals surface area contributed by atoms with Gasteiger partial charge in [-0.25, -0.2) is 0 Å². The number of nitrogens with zero attached hydrogens (tertiary/aromatic N) is 4. The SMILES string of the molecule is CC(C)(C)NC(=O)CSc1nnc2n(Cc3cccs3)c(=O)c3sccc3n12. The van der Waals surface area contributed by atoms with Crippen LogP contribution in [0.3, 0.4) is 0 Å². The summed E-state index contributed by atoms with van der Waals surface area (Å²) >= 11 is 4.32. The lowest BCUT2D eigenvalue weighted by Gasteiger charge is -2.20. The molecule has 10 heteroatoms. The summed E-state index contributed by atoms with van der Waals surface area (Å²) in [4.78, 5) is 26.3. The second-order valence-electron chi connectivity index (χ2n) is 7.31. The summed E-state index contributed by atoms with van der Waals surface area (Å²) in [6, 6.07) is 5.85. The monoisotopic (exact) mass is 433 g/mol. The highest BCUT2D eigenvalue weighted by atomic mass is 32.2. The Labute approximate surface area is 173 Å². The van der Waals surface area contributed by atoms with Gasteiger partial charge in [-0.3, -0.25) is 18.6 Å². The van der Waals surface area contributed by atoms with Crippen molar-refractivity contribution in [1.29, 1.82) is 0 Å². The van der Waals surface area contributed by atoms with E-state index in [0.29, 0.717) is 22.2 Å². The number of aromatic nitrogens is 4. The van der Waals surface area contributed by atoms with Gasteiger partial charge < -0.3 is 5.32 Å². The zero-order valence-corrected chi connectivity index (χ0v) is 18.1. The molecule has 7 nitrogen and oxygen atoms in total. The van der Waals surface area contributed by atoms with E-state index in [2.05, 4.69) is 15.5 Å². The first-order chi connectivity index (χ1) is 13.3. The molecule has 1 N–H and O–H groups in total. The van der Waals surface area contributed by atoms with Gasteiger partial charge in [-0.15, -0.1) is 32.9 Å². The van der Waals surface area contributed by atoms with Crippen LogP contribution in [0.5, 0.6) is 0 Å². The van der Waals surface area contributed by atoms with E-state index in [-0.39, 0.29) is 22.8 Å². The summed E-state index contributed by atoms with van der Waals surface area (Å²) in [7, 11) is 0. The predicted molar refractivity (Wildman–Crippen MR) is 115 cm³/mol. The molecule has 28 heavy (non-hydrogen) atoms. The first kappa shape index (κ1) is 19.2. The minimum Gasteiger partial charge on any atom is -0.351 e. The van der Waals surface area contributed by atoms with Crippen LogP contribution in [-0.2, 0) is 11.3 Å². The molecular formula is C18H19N5O2S3. The number of amides is 1. The third-order valence-electron chi connectivity index (χ3n) is 3.92. The third-order valence-corrected chi connectivity index (χ3v) is 6.60. The van der Waals surface area contributed by atoms with E-state index >= 15 is 0 Å². The van der Waals surface area contributed by atoms with Gasteiger partial charge in [0.2, 0.25) is 11.7 Å². The van der Waals surface area contributed by atoms with Crippen molar-refractivity contribution in [3.63, 3.8) is 0 Å². The molecule has 4 heterocycles. The smallest absolute Gasteiger partial charge is 0.273 e. The summed E-state index contributed by atoms with van der Waals surface area (Å²) in [5, 5.41) is 16.0. The highest BCUT2D eigenvalue weighted by Crippen LogP contribution is 2.25. The standard InChI is InChI=1S/C18H19N5O2S3/c1-18(2,3)19-13(24)10-28-17-21-20-16-22(9-11-5-4-7-26-11)15(25)14-12(23(16)17)6-8-27-14/h4-8H,9-10H2,1-3H3,(H,19,24). The van der Waals surface area contributed by atoms with Crippen LogP contribution >= 0.6 is 34.4 Å². The van der Waals surface area contributed by atoms with Gasteiger partial charge in [-0.1, -0.05) is 17.8 Å². The molecule has 0 radical (unpaired) electrons. The van der Waals surface area contributed by atoms with E-state index in [1.807, 2.05) is 54.1 Å². The van der Waals surface area contributed by atoms with Crippen molar-refractivity contribution in [3.8, 4) is 0 Å². The summed E-state index contributed by atoms with van der Waals surface area (Å²) in [5.41, 5.74) is 0.420. The zero-order valence-electron chi connectivity index (χ0n) is 15.6. The normalized spacial score (nSPS) is 12.1. The van der Waals surface area contributed by atoms with Gasteiger partial charge in [0.15, 0.2) is 5.16 Å². The number of hydrogen-bond donors (Lipinski definition) is 1. The van der Waals surface area contributed by atoms with Crippen LogP contribution in [0.25, 0.3) is 16.0 Å². The van der Waals surface area contributed by atoms with E-state index in [4.69, 9.17) is 0 Å². The van der Waals surface area contributed by atoms with Crippen molar-refractivity contribution in [3.05, 3.63) is 44.2 Å². The van der Waals surface area contributed by atoms with Gasteiger partial charge in [-0.05, 0) is 43.7 Å². The molecule has 4 rings (SSSR count). The van der Waals surface area contributed by atoms with Gasteiger partial charge in [0.1, 0.15) is 4.70 Å². The summed E-state index contributed by atoms with van der Waals surface area (Å²) in [6.07, 6.45) is 0. The fourth-order valence-corrected chi connectivity index (χ4v) is 5.14. The zero-order chi connectivity index (χ0) is 19.9. The van der Waals surface area contributed by atoms with Gasteiger partial charge >= 0.3 is 0 Å². The number of rotatable bonds is 5. The summed E-state index contributed by atoms with van der Waals surface area (Å²) in [6.45, 7) is 6.28. The maximum Gasteiger partial charge on any atom is 0.273 e. The number of fused-ring (bicyclic) bond motifs is 3. The van der Waals surface area contributed by atoms with Crippen LogP contribution < -0.4 is 10.9 Å². The first-order valence-electron chi connectivity index (χ1n) is 8.65. The van der Waals surface area contributed by atoms with Gasteiger partial charge in [0, 0.05) is 10.4 Å². The molecule has 146 valence electrons. The molecule has 0 bridgehead atoms. The molecule has 0 aromatic carbocycles. The quantitative estimate of drug-likeness (QED) is 0.489. The van der Waals surface area contributed by atoms with Crippen molar-refractivity contribution >= 4 is 56.3 Å². The molecule has 4 aromatic heterocycles. The first-order valence-corrected chi connectivity index (χ1v) is 11.4. The van der Waals surface area contributed by atoms with Gasteiger partial charge in [0.25, 0.3) is 5.56 Å². The Hall–Kier alpha value is -2.17. The van der Waals surface area contributed by atoms with E-state index in [9.17, 15) is 9.59 Å². The van der Waals surface area contributed by atoms with Crippen LogP contribution in [0.4, 0.5) is 0 Å². The van der Waals surface area contributed by atoms with Crippen molar-refractivity contribution in [2.45, 2.75) is 38.0 Å². The molecule has 1 amide bonds. The fraction of sp³-hybridized carbons (Fsp3) is 0.333. The molecule has 0 unspecified atom stereocenters. The van der Waals surface area contributed by atoms with E-state index < -0.39 is 0 Å². The Bertz CT molecular complexity index is 1200. The molecule has 0 aliphatic rings. The maximum absolute atomic E-state index is 13.0. The molecule has 0 aliphatic heterocycles. The van der Waals surface area contributed by atoms with E-state index in [0.717, 1.165) is 10.4 Å². The minimum absolute atomic E-state index is 0.0669. The van der Waals surface area contributed by atoms with Crippen LogP contribution in [0.15, 0.2) is 38.9 Å². The van der Waals surface area contributed by atoms with Crippen molar-refractivity contribution in [2.75, 3.05) is 5.75 Å². The van der Waals surface area contributed by atoms with Crippen molar-refractivity contribution in [1.82, 2.24) is 24.5 Å². The Balaban J connectivity index is 1.75. The molecule has 0 spiro atoms. The number of nitrogens with one attached hydrogen (secondary N) is 1. The molecular weight excluding hydrogens is 414 g/mol. The lowest BCUT2D eigenvalue weighted by atomic mass is 10.1. The van der Waals surface area contributed by atoms with Gasteiger partial charge in [0.05, 0.1) is 17.8 Å². The molecule has 4 aromatic rings. The number of hydrogen-bond acceptors (Lipinski definition) is 7. The summed E-state index contributed by atoms with van der Waals surface area (Å²) < 4.78 is 4.18. The van der Waals surface area contributed by atoms with Crippen molar-refractivity contribution < 1.29 is 4.79 Å². The lowest BCUT2D eigenvalue weighted by Crippen LogP contribution is -2.41. The van der Waals surface area contributed by atoms with Crippen LogP contribution in [-0.4, -0.2) is 36.4 Å². The van der Waals surface area contributed by atoms with Crippen LogP contribution in [0.1, 0.15) is 25.6 Å². The number of carbonyl (C=O) groups excluding carboxylic acids is 1. The Kier molecular flexibility index (Phi) is 5.02. The second kappa shape index (κ2) is 7.34. The van der Waals surface area contributed by atoms with Gasteiger partial charge in [-0.2, -0.15) is 0 Å². The number of thiophene rings is 2. The largest absolute Gasteiger partial charge is 0.351 e. The Morgan fingerprint density at radius 3 is 2.75 bits per heavy atom. The predicted octanol–water partition coefficient (Wildman–Crippen LogP) is 3.22. The van der Waals surface area contributed by atoms with E-state index in [1.165, 1.54) is 23.1 Å². The Morgan fingerprint density at radius 1 is 1.21 bits per heavy atom. The average Bonchev–Trinajstić information content (AvgIpc) is 3.34. The van der Waals surface area contributed by atoms with E-state index in [1.54, 1.807) is 15.9 Å². The molecule has 0 aliphatic carbocycles. The topological polar surface area (TPSA) is 81.3 Å². The fourth-order valence-electron chi connectivity index (χ4n) is 2.88. The molecule has 0 fully saturated rings. The molecule has 0 saturated carbocycles. The van der Waals surface area contributed by atoms with Crippen LogP contribution in [0, 0.1) is 0 Å². The lowest BCUT2D eigenvalue weighted by molar-refractivity contribution is -0.119. The summed E-state index contributed by atoms with van der Waals surface area (Å²) in [5.74, 6) is 0.652. The number of carbonyl (C=O) groups is 1. The second-order valence-corrected chi connectivity index (χ2v) is 10.2. The molecule has 0 atom stereocenters. The van der Waals surface area contributed by atoms with Crippen LogP contribution in [0.2, 0.25) is 0 Å². The highest BCUT2D eigenvalue weighted by Gasteiger charge is 2.20. The maximum atomic E-state index is 13.0. The third kappa shape index (κ3) is 3.71. The number of thioether (sulfide) groups is 1. The average molecular weight is 434 g/mol. The highest BCUT2D eigenvalue weighted by molar-refractivity contribution is 7.99.